The van der Waals surface area contributed by atoms with Crippen molar-refractivity contribution in [1.29, 1.82) is 0 Å². The van der Waals surface area contributed by atoms with Gasteiger partial charge in [-0.25, -0.2) is 0 Å². The zero-order valence-corrected chi connectivity index (χ0v) is 18.9. The average molecular weight is 442 g/mol. The molecule has 2 atom stereocenters. The van der Waals surface area contributed by atoms with Gasteiger partial charge in [0, 0.05) is 44.2 Å². The molecule has 1 aliphatic carbocycles. The van der Waals surface area contributed by atoms with Gasteiger partial charge in [0.2, 0.25) is 0 Å². The summed E-state index contributed by atoms with van der Waals surface area (Å²) >= 11 is 0. The highest BCUT2D eigenvalue weighted by atomic mass is 16.6. The second kappa shape index (κ2) is 9.75. The maximum Gasteiger partial charge on any atom is 0.277 e. The van der Waals surface area contributed by atoms with Crippen LogP contribution in [-0.2, 0) is 13.0 Å². The highest BCUT2D eigenvalue weighted by molar-refractivity contribution is 5.54. The summed E-state index contributed by atoms with van der Waals surface area (Å²) < 4.78 is 16.1. The van der Waals surface area contributed by atoms with E-state index in [0.717, 1.165) is 38.3 Å². The molecule has 2 aromatic carbocycles. The molecule has 2 aromatic rings. The Labute approximate surface area is 188 Å². The number of fused-ring (bicyclic) bond motifs is 3. The molecule has 8 nitrogen and oxygen atoms in total. The van der Waals surface area contributed by atoms with Crippen molar-refractivity contribution in [3.8, 4) is 17.2 Å². The van der Waals surface area contributed by atoms with Crippen LogP contribution in [0, 0.1) is 16.0 Å². The van der Waals surface area contributed by atoms with E-state index in [-0.39, 0.29) is 10.6 Å². The zero-order chi connectivity index (χ0) is 22.7. The first-order valence-electron chi connectivity index (χ1n) is 11.0. The second-order valence-corrected chi connectivity index (χ2v) is 8.46. The van der Waals surface area contributed by atoms with Gasteiger partial charge in [-0.2, -0.15) is 0 Å². The Bertz CT molecular complexity index is 980. The fourth-order valence-corrected chi connectivity index (χ4v) is 5.19. The van der Waals surface area contributed by atoms with Crippen molar-refractivity contribution in [1.82, 2.24) is 10.2 Å². The van der Waals surface area contributed by atoms with Crippen molar-refractivity contribution in [2.75, 3.05) is 47.5 Å². The number of likely N-dealkylation sites (tertiary alicyclic amines) is 1. The molecule has 4 rings (SSSR count). The number of hydrogen-bond donors (Lipinski definition) is 1. The van der Waals surface area contributed by atoms with Gasteiger partial charge in [0.15, 0.2) is 11.5 Å². The lowest BCUT2D eigenvalue weighted by atomic mass is 9.77. The zero-order valence-electron chi connectivity index (χ0n) is 18.9. The third-order valence-electron chi connectivity index (χ3n) is 6.77. The monoisotopic (exact) mass is 441 g/mol. The molecule has 172 valence electrons. The summed E-state index contributed by atoms with van der Waals surface area (Å²) in [5.41, 5.74) is 3.44. The van der Waals surface area contributed by atoms with Crippen LogP contribution >= 0.6 is 0 Å². The van der Waals surface area contributed by atoms with E-state index in [2.05, 4.69) is 28.4 Å². The van der Waals surface area contributed by atoms with E-state index in [0.29, 0.717) is 35.4 Å². The van der Waals surface area contributed by atoms with E-state index in [1.165, 1.54) is 37.8 Å². The molecule has 0 radical (unpaired) electrons. The van der Waals surface area contributed by atoms with Crippen LogP contribution < -0.4 is 19.5 Å². The third-order valence-corrected chi connectivity index (χ3v) is 6.77. The largest absolute Gasteiger partial charge is 0.496 e. The summed E-state index contributed by atoms with van der Waals surface area (Å²) in [4.78, 5) is 13.6. The fraction of sp³-hybridized carbons (Fsp3) is 0.500. The lowest BCUT2D eigenvalue weighted by molar-refractivity contribution is -0.385. The van der Waals surface area contributed by atoms with E-state index in [1.54, 1.807) is 13.2 Å². The number of nitro benzene ring substituents is 1. The van der Waals surface area contributed by atoms with Crippen LogP contribution in [0.15, 0.2) is 30.3 Å². The summed E-state index contributed by atoms with van der Waals surface area (Å²) in [6.45, 7) is 4.21. The molecule has 1 heterocycles. The summed E-state index contributed by atoms with van der Waals surface area (Å²) in [6.07, 6.45) is 2.27. The summed E-state index contributed by atoms with van der Waals surface area (Å²) in [5.74, 6) is 3.10. The first kappa shape index (κ1) is 22.4. The Morgan fingerprint density at radius 2 is 1.84 bits per heavy atom. The molecule has 2 aliphatic rings. The Hall–Kier alpha value is -2.84. The van der Waals surface area contributed by atoms with Gasteiger partial charge in [0.25, 0.3) is 5.69 Å². The smallest absolute Gasteiger partial charge is 0.277 e. The van der Waals surface area contributed by atoms with Crippen LogP contribution in [0.3, 0.4) is 0 Å². The summed E-state index contributed by atoms with van der Waals surface area (Å²) in [7, 11) is 4.75. The third kappa shape index (κ3) is 4.38. The Balaban J connectivity index is 1.35. The average Bonchev–Trinajstić information content (AvgIpc) is 3.24. The fourth-order valence-electron chi connectivity index (χ4n) is 5.19. The van der Waals surface area contributed by atoms with Gasteiger partial charge in [-0.3, -0.25) is 10.1 Å². The summed E-state index contributed by atoms with van der Waals surface area (Å²) in [6, 6.07) is 9.52. The van der Waals surface area contributed by atoms with Gasteiger partial charge < -0.3 is 24.4 Å². The first-order valence-corrected chi connectivity index (χ1v) is 11.0. The minimum atomic E-state index is -0.379. The topological polar surface area (TPSA) is 86.1 Å². The number of nitrogens with zero attached hydrogens (tertiary/aromatic N) is 2. The van der Waals surface area contributed by atoms with Crippen molar-refractivity contribution in [3.05, 3.63) is 57.1 Å². The van der Waals surface area contributed by atoms with E-state index in [4.69, 9.17) is 14.2 Å². The highest BCUT2D eigenvalue weighted by Crippen LogP contribution is 2.44. The summed E-state index contributed by atoms with van der Waals surface area (Å²) in [5, 5.41) is 14.9. The van der Waals surface area contributed by atoms with E-state index in [1.807, 2.05) is 0 Å². The van der Waals surface area contributed by atoms with Gasteiger partial charge in [-0.1, -0.05) is 12.1 Å². The molecule has 1 fully saturated rings. The van der Waals surface area contributed by atoms with Crippen molar-refractivity contribution >= 4 is 5.69 Å². The molecule has 1 N–H and O–H groups in total. The van der Waals surface area contributed by atoms with Gasteiger partial charge in [-0.05, 0) is 42.0 Å². The van der Waals surface area contributed by atoms with Crippen LogP contribution in [-0.4, -0.2) is 57.3 Å². The predicted molar refractivity (Wildman–Crippen MR) is 122 cm³/mol. The number of methoxy groups -OCH3 is 3. The van der Waals surface area contributed by atoms with Gasteiger partial charge in [0.05, 0.1) is 32.3 Å². The van der Waals surface area contributed by atoms with Crippen molar-refractivity contribution in [2.45, 2.75) is 25.3 Å². The molecule has 0 spiro atoms. The predicted octanol–water partition coefficient (Wildman–Crippen LogP) is 3.37. The Morgan fingerprint density at radius 3 is 2.56 bits per heavy atom. The quantitative estimate of drug-likeness (QED) is 0.363. The number of nitro groups is 1. The van der Waals surface area contributed by atoms with Crippen LogP contribution in [0.2, 0.25) is 0 Å². The molecular weight excluding hydrogens is 410 g/mol. The molecule has 0 saturated carbocycles. The molecule has 8 heteroatoms. The van der Waals surface area contributed by atoms with Gasteiger partial charge in [0.1, 0.15) is 5.75 Å². The molecule has 32 heavy (non-hydrogen) atoms. The van der Waals surface area contributed by atoms with E-state index >= 15 is 0 Å². The van der Waals surface area contributed by atoms with Crippen molar-refractivity contribution in [3.63, 3.8) is 0 Å². The van der Waals surface area contributed by atoms with Crippen LogP contribution in [0.25, 0.3) is 0 Å². The maximum atomic E-state index is 11.5. The van der Waals surface area contributed by atoms with Crippen LogP contribution in [0.1, 0.15) is 29.0 Å². The molecular formula is C24H31N3O5. The molecule has 1 aliphatic heterocycles. The first-order chi connectivity index (χ1) is 15.5. The minimum absolute atomic E-state index is 0.0351. The molecule has 0 bridgehead atoms. The Morgan fingerprint density at radius 1 is 1.09 bits per heavy atom. The van der Waals surface area contributed by atoms with Crippen LogP contribution in [0.4, 0.5) is 5.69 Å². The SMILES string of the molecule is COc1cc(CNCCN2C[C@@H]3CCc4c(OC)cccc4[C@@H]3C2)c([N+](=O)[O-])cc1OC. The minimum Gasteiger partial charge on any atom is -0.496 e. The van der Waals surface area contributed by atoms with Gasteiger partial charge >= 0.3 is 0 Å². The lowest BCUT2D eigenvalue weighted by Gasteiger charge is -2.28. The molecule has 0 unspecified atom stereocenters. The van der Waals surface area contributed by atoms with E-state index in [9.17, 15) is 10.1 Å². The Kier molecular flexibility index (Phi) is 6.81. The standard InChI is InChI=1S/C24H31N3O5/c1-30-22-6-4-5-18-19(22)8-7-16-14-26(15-20(16)18)10-9-25-13-17-11-23(31-2)24(32-3)12-21(17)27(28)29/h4-6,11-12,16,20,25H,7-10,13-15H2,1-3H3/t16-,20+/m0/s1. The second-order valence-electron chi connectivity index (χ2n) is 8.46. The highest BCUT2D eigenvalue weighted by Gasteiger charge is 2.38. The number of nitrogens with one attached hydrogen (secondary N) is 1. The van der Waals surface area contributed by atoms with Crippen LogP contribution in [0.5, 0.6) is 17.2 Å². The lowest BCUT2D eigenvalue weighted by Crippen LogP contribution is -2.30. The molecule has 0 amide bonds. The number of hydrogen-bond acceptors (Lipinski definition) is 7. The number of ether oxygens (including phenoxy) is 3. The maximum absolute atomic E-state index is 11.5. The van der Waals surface area contributed by atoms with Gasteiger partial charge in [-0.15, -0.1) is 0 Å². The normalized spacial score (nSPS) is 19.8. The van der Waals surface area contributed by atoms with Crippen molar-refractivity contribution < 1.29 is 19.1 Å². The number of rotatable bonds is 9. The van der Waals surface area contributed by atoms with E-state index < -0.39 is 0 Å². The van der Waals surface area contributed by atoms with Crippen molar-refractivity contribution in [2.24, 2.45) is 5.92 Å². The molecule has 1 saturated heterocycles. The number of benzene rings is 2. The molecule has 0 aromatic heterocycles.